The van der Waals surface area contributed by atoms with Gasteiger partial charge in [-0.2, -0.15) is 0 Å². The van der Waals surface area contributed by atoms with Crippen molar-refractivity contribution >= 4 is 5.91 Å². The summed E-state index contributed by atoms with van der Waals surface area (Å²) in [7, 11) is 1.87. The molecule has 0 saturated carbocycles. The number of aromatic nitrogens is 1. The number of pyridine rings is 1. The first-order valence-corrected chi connectivity index (χ1v) is 7.67. The van der Waals surface area contributed by atoms with E-state index in [1.807, 2.05) is 24.1 Å². The second kappa shape index (κ2) is 8.10. The number of carbonyl (C=O) groups is 1. The van der Waals surface area contributed by atoms with Gasteiger partial charge < -0.3 is 15.0 Å². The van der Waals surface area contributed by atoms with E-state index in [0.29, 0.717) is 13.2 Å². The number of nitrogens with zero attached hydrogens (tertiary/aromatic N) is 2. The van der Waals surface area contributed by atoms with Gasteiger partial charge in [-0.05, 0) is 37.1 Å². The first-order valence-electron chi connectivity index (χ1n) is 7.67. The smallest absolute Gasteiger partial charge is 0.229 e. The molecule has 2 heterocycles. The molecule has 1 aliphatic rings. The molecule has 0 aliphatic carbocycles. The van der Waals surface area contributed by atoms with Gasteiger partial charge in [0.05, 0.1) is 19.1 Å². The summed E-state index contributed by atoms with van der Waals surface area (Å²) in [5, 5.41) is 3.41. The van der Waals surface area contributed by atoms with E-state index in [1.165, 1.54) is 5.56 Å². The fourth-order valence-corrected chi connectivity index (χ4v) is 2.57. The molecule has 1 fully saturated rings. The number of likely N-dealkylation sites (N-methyl/N-ethyl adjacent to an activating group) is 1. The molecule has 1 saturated heterocycles. The largest absolute Gasteiger partial charge is 0.379 e. The van der Waals surface area contributed by atoms with E-state index in [9.17, 15) is 4.79 Å². The number of hydrogen-bond donors (Lipinski definition) is 1. The lowest BCUT2D eigenvalue weighted by atomic mass is 10.0. The Morgan fingerprint density at radius 2 is 2.19 bits per heavy atom. The van der Waals surface area contributed by atoms with Gasteiger partial charge in [-0.3, -0.25) is 9.78 Å². The first-order chi connectivity index (χ1) is 10.2. The third kappa shape index (κ3) is 4.51. The summed E-state index contributed by atoms with van der Waals surface area (Å²) < 4.78 is 5.48. The van der Waals surface area contributed by atoms with Crippen molar-refractivity contribution < 1.29 is 9.53 Å². The van der Waals surface area contributed by atoms with Crippen LogP contribution in [-0.2, 0) is 16.0 Å². The molecule has 0 radical (unpaired) electrons. The van der Waals surface area contributed by atoms with Crippen LogP contribution in [0, 0.1) is 5.92 Å². The number of hydrogen-bond acceptors (Lipinski definition) is 4. The van der Waals surface area contributed by atoms with Crippen LogP contribution >= 0.6 is 0 Å². The van der Waals surface area contributed by atoms with Crippen LogP contribution in [0.2, 0.25) is 0 Å². The Hall–Kier alpha value is -1.46. The van der Waals surface area contributed by atoms with Crippen molar-refractivity contribution in [3.8, 4) is 0 Å². The Bertz CT molecular complexity index is 438. The topological polar surface area (TPSA) is 54.5 Å². The van der Waals surface area contributed by atoms with Gasteiger partial charge in [0.15, 0.2) is 0 Å². The number of rotatable bonds is 7. The van der Waals surface area contributed by atoms with Crippen molar-refractivity contribution in [2.24, 2.45) is 5.92 Å². The molecule has 2 unspecified atom stereocenters. The van der Waals surface area contributed by atoms with Gasteiger partial charge in [0.25, 0.3) is 0 Å². The van der Waals surface area contributed by atoms with E-state index >= 15 is 0 Å². The maximum absolute atomic E-state index is 12.5. The van der Waals surface area contributed by atoms with Crippen LogP contribution in [0.3, 0.4) is 0 Å². The van der Waals surface area contributed by atoms with E-state index in [4.69, 9.17) is 4.74 Å². The van der Waals surface area contributed by atoms with Crippen molar-refractivity contribution in [1.29, 1.82) is 0 Å². The predicted molar refractivity (Wildman–Crippen MR) is 82.0 cm³/mol. The molecule has 116 valence electrons. The Morgan fingerprint density at radius 3 is 2.90 bits per heavy atom. The molecule has 0 aromatic carbocycles. The van der Waals surface area contributed by atoms with Gasteiger partial charge in [-0.1, -0.05) is 6.92 Å². The van der Waals surface area contributed by atoms with Crippen LogP contribution in [0.1, 0.15) is 18.9 Å². The second-order valence-corrected chi connectivity index (χ2v) is 5.57. The summed E-state index contributed by atoms with van der Waals surface area (Å²) in [6.07, 6.45) is 5.49. The van der Waals surface area contributed by atoms with E-state index in [-0.39, 0.29) is 17.9 Å². The maximum Gasteiger partial charge on any atom is 0.229 e. The minimum atomic E-state index is -0.0565. The van der Waals surface area contributed by atoms with E-state index < -0.39 is 0 Å². The highest BCUT2D eigenvalue weighted by Gasteiger charge is 2.35. The van der Waals surface area contributed by atoms with Gasteiger partial charge in [0.2, 0.25) is 5.91 Å². The highest BCUT2D eigenvalue weighted by Crippen LogP contribution is 2.16. The highest BCUT2D eigenvalue weighted by molar-refractivity contribution is 5.79. The van der Waals surface area contributed by atoms with Crippen LogP contribution in [-0.4, -0.2) is 55.2 Å². The van der Waals surface area contributed by atoms with Crippen molar-refractivity contribution in [2.45, 2.75) is 25.8 Å². The van der Waals surface area contributed by atoms with Crippen LogP contribution in [0.4, 0.5) is 0 Å². The van der Waals surface area contributed by atoms with Gasteiger partial charge in [-0.15, -0.1) is 0 Å². The molecule has 0 spiro atoms. The molecule has 1 aromatic rings. The van der Waals surface area contributed by atoms with Crippen molar-refractivity contribution in [3.05, 3.63) is 30.1 Å². The highest BCUT2D eigenvalue weighted by atomic mass is 16.5. The van der Waals surface area contributed by atoms with Crippen molar-refractivity contribution in [2.75, 3.05) is 33.4 Å². The molecular formula is C16H25N3O2. The van der Waals surface area contributed by atoms with Crippen LogP contribution in [0.5, 0.6) is 0 Å². The Labute approximate surface area is 126 Å². The third-order valence-corrected chi connectivity index (χ3v) is 3.92. The van der Waals surface area contributed by atoms with E-state index in [0.717, 1.165) is 25.9 Å². The van der Waals surface area contributed by atoms with E-state index in [1.54, 1.807) is 12.4 Å². The molecule has 1 aliphatic heterocycles. The van der Waals surface area contributed by atoms with Crippen LogP contribution < -0.4 is 5.32 Å². The van der Waals surface area contributed by atoms with Gasteiger partial charge in [0, 0.05) is 32.0 Å². The summed E-state index contributed by atoms with van der Waals surface area (Å²) in [5.41, 5.74) is 1.20. The molecule has 5 nitrogen and oxygen atoms in total. The lowest BCUT2D eigenvalue weighted by molar-refractivity contribution is -0.134. The zero-order chi connectivity index (χ0) is 15.1. The molecule has 2 atom stereocenters. The molecule has 1 amide bonds. The average molecular weight is 291 g/mol. The lowest BCUT2D eigenvalue weighted by Crippen LogP contribution is -2.45. The molecule has 5 heteroatoms. The van der Waals surface area contributed by atoms with Gasteiger partial charge >= 0.3 is 0 Å². The summed E-state index contributed by atoms with van der Waals surface area (Å²) in [6, 6.07) is 4.13. The lowest BCUT2D eigenvalue weighted by Gasteiger charge is -2.24. The molecule has 1 N–H and O–H groups in total. The summed E-state index contributed by atoms with van der Waals surface area (Å²) in [5.74, 6) is 0.120. The Morgan fingerprint density at radius 1 is 1.43 bits per heavy atom. The summed E-state index contributed by atoms with van der Waals surface area (Å²) >= 11 is 0. The molecule has 1 aromatic heterocycles. The average Bonchev–Trinajstić information content (AvgIpc) is 2.99. The van der Waals surface area contributed by atoms with Crippen LogP contribution in [0.15, 0.2) is 24.5 Å². The maximum atomic E-state index is 12.5. The van der Waals surface area contributed by atoms with Crippen molar-refractivity contribution in [1.82, 2.24) is 15.2 Å². The number of carbonyl (C=O) groups excluding carboxylic acids is 1. The fourth-order valence-electron chi connectivity index (χ4n) is 2.57. The first kappa shape index (κ1) is 15.9. The molecular weight excluding hydrogens is 266 g/mol. The third-order valence-electron chi connectivity index (χ3n) is 3.92. The Kier molecular flexibility index (Phi) is 6.14. The normalized spacial score (nSPS) is 21.4. The van der Waals surface area contributed by atoms with Crippen LogP contribution in [0.25, 0.3) is 0 Å². The minimum absolute atomic E-state index is 0.0565. The second-order valence-electron chi connectivity index (χ2n) is 5.57. The fraction of sp³-hybridized carbons (Fsp3) is 0.625. The Balaban J connectivity index is 1.83. The minimum Gasteiger partial charge on any atom is -0.379 e. The molecule has 2 rings (SSSR count). The van der Waals surface area contributed by atoms with E-state index in [2.05, 4.69) is 17.2 Å². The number of ether oxygens (including phenoxy) is 1. The summed E-state index contributed by atoms with van der Waals surface area (Å²) in [6.45, 7) is 4.94. The zero-order valence-electron chi connectivity index (χ0n) is 12.9. The SMILES string of the molecule is CCCNC1COCC1C(=O)N(C)CCc1ccncc1. The number of amides is 1. The monoisotopic (exact) mass is 291 g/mol. The standard InChI is InChI=1S/C16H25N3O2/c1-3-7-18-15-12-21-11-14(15)16(20)19(2)10-6-13-4-8-17-9-5-13/h4-5,8-9,14-15,18H,3,6-7,10-12H2,1-2H3. The van der Waals surface area contributed by atoms with Gasteiger partial charge in [0.1, 0.15) is 0 Å². The zero-order valence-corrected chi connectivity index (χ0v) is 12.9. The number of nitrogens with one attached hydrogen (secondary N) is 1. The van der Waals surface area contributed by atoms with Gasteiger partial charge in [-0.25, -0.2) is 0 Å². The quantitative estimate of drug-likeness (QED) is 0.817. The molecule has 0 bridgehead atoms. The summed E-state index contributed by atoms with van der Waals surface area (Å²) in [4.78, 5) is 18.4. The van der Waals surface area contributed by atoms with Crippen molar-refractivity contribution in [3.63, 3.8) is 0 Å². The molecule has 21 heavy (non-hydrogen) atoms. The predicted octanol–water partition coefficient (Wildman–Crippen LogP) is 1.10.